The number of carbonyl (C=O) groups excluding carboxylic acids is 5. The van der Waals surface area contributed by atoms with Gasteiger partial charge in [-0.2, -0.15) is 0 Å². The third-order valence-electron chi connectivity index (χ3n) is 7.26. The molecule has 0 aliphatic carbocycles. The van der Waals surface area contributed by atoms with Gasteiger partial charge in [-0.25, -0.2) is 4.79 Å². The van der Waals surface area contributed by atoms with Gasteiger partial charge in [0.25, 0.3) is 0 Å². The summed E-state index contributed by atoms with van der Waals surface area (Å²) in [7, 11) is 0. The molecular weight excluding hydrogens is 508 g/mol. The summed E-state index contributed by atoms with van der Waals surface area (Å²) >= 11 is 0. The van der Waals surface area contributed by atoms with Crippen LogP contribution < -0.4 is 21.3 Å². The standard InChI is InChI=1S/C27H48N4O8/c1-12(2)10-19(25(36)31-23-15(6)18(9)39-27(23)38)29-24(35)16(7)28-26(37)22(14(5)17(8)32)30-21(34)11-20(33)13(3)4/h12-20,22-23,32-33H,10-11H2,1-9H3,(H,28,37)(H,29,35)(H,30,34)(H,31,36)/t14-,15?,16-,17?,18?,19+,20+,22-,23-/m0/s1. The number of aliphatic hydroxyl groups is 2. The van der Waals surface area contributed by atoms with Crippen LogP contribution in [0.2, 0.25) is 0 Å². The highest BCUT2D eigenvalue weighted by molar-refractivity contribution is 5.95. The minimum Gasteiger partial charge on any atom is -0.461 e. The van der Waals surface area contributed by atoms with E-state index in [4.69, 9.17) is 4.74 Å². The lowest BCUT2D eigenvalue weighted by Crippen LogP contribution is -2.59. The van der Waals surface area contributed by atoms with Gasteiger partial charge >= 0.3 is 5.97 Å². The Kier molecular flexibility index (Phi) is 13.3. The predicted octanol–water partition coefficient (Wildman–Crippen LogP) is -0.00310. The van der Waals surface area contributed by atoms with Crippen LogP contribution in [0.4, 0.5) is 0 Å². The first-order chi connectivity index (χ1) is 18.0. The molecule has 0 spiro atoms. The molecule has 6 N–H and O–H groups in total. The van der Waals surface area contributed by atoms with Crippen molar-refractivity contribution in [1.29, 1.82) is 0 Å². The van der Waals surface area contributed by atoms with Crippen molar-refractivity contribution in [2.45, 2.75) is 118 Å². The second-order valence-electron chi connectivity index (χ2n) is 11.6. The van der Waals surface area contributed by atoms with Gasteiger partial charge in [-0.15, -0.1) is 0 Å². The van der Waals surface area contributed by atoms with E-state index in [2.05, 4.69) is 21.3 Å². The molecular formula is C27H48N4O8. The van der Waals surface area contributed by atoms with E-state index in [0.717, 1.165) is 0 Å². The van der Waals surface area contributed by atoms with E-state index in [-0.39, 0.29) is 30.3 Å². The van der Waals surface area contributed by atoms with E-state index in [9.17, 15) is 34.2 Å². The highest BCUT2D eigenvalue weighted by atomic mass is 16.6. The number of amides is 4. The van der Waals surface area contributed by atoms with Gasteiger partial charge in [0.15, 0.2) is 0 Å². The van der Waals surface area contributed by atoms with Gasteiger partial charge in [0.2, 0.25) is 23.6 Å². The molecule has 3 unspecified atom stereocenters. The van der Waals surface area contributed by atoms with E-state index in [1.54, 1.807) is 34.6 Å². The lowest BCUT2D eigenvalue weighted by Gasteiger charge is -2.29. The Morgan fingerprint density at radius 1 is 0.872 bits per heavy atom. The molecule has 9 atom stereocenters. The normalized spacial score (nSPS) is 23.7. The summed E-state index contributed by atoms with van der Waals surface area (Å²) in [5.41, 5.74) is 0. The zero-order valence-electron chi connectivity index (χ0n) is 24.6. The summed E-state index contributed by atoms with van der Waals surface area (Å²) in [5, 5.41) is 30.5. The molecule has 1 aliphatic rings. The van der Waals surface area contributed by atoms with Crippen molar-refractivity contribution in [3.05, 3.63) is 0 Å². The van der Waals surface area contributed by atoms with E-state index in [1.165, 1.54) is 13.8 Å². The maximum Gasteiger partial charge on any atom is 0.329 e. The molecule has 0 aromatic rings. The van der Waals surface area contributed by atoms with Gasteiger partial charge in [0.05, 0.1) is 18.6 Å². The van der Waals surface area contributed by atoms with Crippen LogP contribution in [0.15, 0.2) is 0 Å². The molecule has 0 radical (unpaired) electrons. The molecule has 1 rings (SSSR count). The maximum absolute atomic E-state index is 13.1. The van der Waals surface area contributed by atoms with E-state index >= 15 is 0 Å². The summed E-state index contributed by atoms with van der Waals surface area (Å²) in [5.74, 6) is -4.02. The van der Waals surface area contributed by atoms with Crippen LogP contribution in [-0.4, -0.2) is 82.3 Å². The van der Waals surface area contributed by atoms with Gasteiger partial charge in [0, 0.05) is 11.8 Å². The monoisotopic (exact) mass is 556 g/mol. The molecule has 0 aromatic heterocycles. The van der Waals surface area contributed by atoms with E-state index in [0.29, 0.717) is 6.42 Å². The van der Waals surface area contributed by atoms with Crippen LogP contribution >= 0.6 is 0 Å². The Morgan fingerprint density at radius 2 is 1.46 bits per heavy atom. The highest BCUT2D eigenvalue weighted by Crippen LogP contribution is 2.22. The average molecular weight is 557 g/mol. The Bertz CT molecular complexity index is 878. The molecule has 4 amide bonds. The molecule has 1 fully saturated rings. The lowest BCUT2D eigenvalue weighted by atomic mass is 9.95. The van der Waals surface area contributed by atoms with Gasteiger partial charge in [-0.05, 0) is 39.0 Å². The third kappa shape index (κ3) is 10.4. The lowest BCUT2D eigenvalue weighted by molar-refractivity contribution is -0.144. The number of cyclic esters (lactones) is 1. The van der Waals surface area contributed by atoms with Crippen LogP contribution in [0.25, 0.3) is 0 Å². The SMILES string of the molecule is CC(C)C[C@@H](NC(=O)[C@H](C)NC(=O)[C@@H](NC(=O)C[C@@H](O)C(C)C)[C@@H](C)C(C)O)C(=O)N[C@@H]1C(=O)OC(C)C1C. The van der Waals surface area contributed by atoms with E-state index in [1.807, 2.05) is 13.8 Å². The minimum absolute atomic E-state index is 0.0329. The number of ether oxygens (including phenoxy) is 1. The quantitative estimate of drug-likeness (QED) is 0.162. The minimum atomic E-state index is -1.17. The molecule has 1 saturated heterocycles. The van der Waals surface area contributed by atoms with Crippen LogP contribution in [-0.2, 0) is 28.7 Å². The summed E-state index contributed by atoms with van der Waals surface area (Å²) < 4.78 is 5.18. The first kappa shape index (κ1) is 34.3. The zero-order valence-corrected chi connectivity index (χ0v) is 24.6. The van der Waals surface area contributed by atoms with Gasteiger partial charge in [0.1, 0.15) is 30.3 Å². The van der Waals surface area contributed by atoms with E-state index < -0.39 is 71.9 Å². The second kappa shape index (κ2) is 15.2. The fourth-order valence-electron chi connectivity index (χ4n) is 4.03. The largest absolute Gasteiger partial charge is 0.461 e. The number of carbonyl (C=O) groups is 5. The van der Waals surface area contributed by atoms with Crippen molar-refractivity contribution in [3.8, 4) is 0 Å². The molecule has 1 aliphatic heterocycles. The molecule has 12 nitrogen and oxygen atoms in total. The Morgan fingerprint density at radius 3 is 1.92 bits per heavy atom. The second-order valence-corrected chi connectivity index (χ2v) is 11.6. The molecule has 0 aromatic carbocycles. The fraction of sp³-hybridized carbons (Fsp3) is 0.815. The smallest absolute Gasteiger partial charge is 0.329 e. The van der Waals surface area contributed by atoms with Crippen molar-refractivity contribution in [2.75, 3.05) is 0 Å². The number of esters is 1. The zero-order chi connectivity index (χ0) is 30.2. The predicted molar refractivity (Wildman–Crippen MR) is 144 cm³/mol. The molecule has 39 heavy (non-hydrogen) atoms. The van der Waals surface area contributed by atoms with Crippen molar-refractivity contribution in [3.63, 3.8) is 0 Å². The molecule has 224 valence electrons. The maximum atomic E-state index is 13.1. The van der Waals surface area contributed by atoms with Crippen molar-refractivity contribution in [2.24, 2.45) is 23.7 Å². The fourth-order valence-corrected chi connectivity index (χ4v) is 4.03. The number of hydrogen-bond acceptors (Lipinski definition) is 8. The summed E-state index contributed by atoms with van der Waals surface area (Å²) in [6.07, 6.45) is -2.13. The van der Waals surface area contributed by atoms with Gasteiger partial charge in [-0.3, -0.25) is 19.2 Å². The number of rotatable bonds is 14. The number of hydrogen-bond donors (Lipinski definition) is 6. The first-order valence-corrected chi connectivity index (χ1v) is 13.7. The summed E-state index contributed by atoms with van der Waals surface area (Å²) in [6, 6.07) is -4.04. The Hall–Kier alpha value is -2.73. The molecule has 0 bridgehead atoms. The Balaban J connectivity index is 2.92. The van der Waals surface area contributed by atoms with Gasteiger partial charge in [-0.1, -0.05) is 41.5 Å². The Labute approximate surface area is 231 Å². The summed E-state index contributed by atoms with van der Waals surface area (Å²) in [6.45, 7) is 15.3. The van der Waals surface area contributed by atoms with Crippen molar-refractivity contribution < 1.29 is 38.9 Å². The van der Waals surface area contributed by atoms with Crippen LogP contribution in [0, 0.1) is 23.7 Å². The number of nitrogens with one attached hydrogen (secondary N) is 4. The van der Waals surface area contributed by atoms with Crippen LogP contribution in [0.1, 0.15) is 75.2 Å². The van der Waals surface area contributed by atoms with Gasteiger partial charge < -0.3 is 36.2 Å². The average Bonchev–Trinajstić information content (AvgIpc) is 3.06. The molecule has 12 heteroatoms. The topological polar surface area (TPSA) is 183 Å². The van der Waals surface area contributed by atoms with Crippen LogP contribution in [0.3, 0.4) is 0 Å². The number of aliphatic hydroxyl groups excluding tert-OH is 2. The van der Waals surface area contributed by atoms with Crippen LogP contribution in [0.5, 0.6) is 0 Å². The van der Waals surface area contributed by atoms with Crippen molar-refractivity contribution >= 4 is 29.6 Å². The highest BCUT2D eigenvalue weighted by Gasteiger charge is 2.41. The molecule has 1 heterocycles. The van der Waals surface area contributed by atoms with Crippen molar-refractivity contribution in [1.82, 2.24) is 21.3 Å². The third-order valence-corrected chi connectivity index (χ3v) is 7.26. The summed E-state index contributed by atoms with van der Waals surface area (Å²) in [4.78, 5) is 63.7. The molecule has 0 saturated carbocycles. The first-order valence-electron chi connectivity index (χ1n) is 13.7.